The number of rotatable bonds is 2. The van der Waals surface area contributed by atoms with Crippen molar-refractivity contribution in [2.24, 2.45) is 5.41 Å². The van der Waals surface area contributed by atoms with Gasteiger partial charge < -0.3 is 0 Å². The van der Waals surface area contributed by atoms with E-state index in [-0.39, 0.29) is 0 Å². The third-order valence-electron chi connectivity index (χ3n) is 4.79. The molecule has 2 aromatic carbocycles. The molecule has 23 heavy (non-hydrogen) atoms. The van der Waals surface area contributed by atoms with Gasteiger partial charge in [0.25, 0.3) is 0 Å². The number of benzene rings is 2. The Hall–Kier alpha value is -2.34. The first-order valence-corrected chi connectivity index (χ1v) is 7.86. The molecule has 2 aliphatic rings. The van der Waals surface area contributed by atoms with Crippen LogP contribution in [0.2, 0.25) is 0 Å². The topological polar surface area (TPSA) is 77.3 Å². The lowest BCUT2D eigenvalue weighted by atomic mass is 9.93. The summed E-state index contributed by atoms with van der Waals surface area (Å²) >= 11 is 3.31. The number of nitro groups is 1. The predicted molar refractivity (Wildman–Crippen MR) is 85.2 cm³/mol. The van der Waals surface area contributed by atoms with Gasteiger partial charge in [0, 0.05) is 20.5 Å². The Morgan fingerprint density at radius 1 is 0.957 bits per heavy atom. The number of Topliss-reactive ketones (excluding diaryl/α,β-unsaturated/α-hetero) is 2. The third kappa shape index (κ3) is 1.67. The van der Waals surface area contributed by atoms with E-state index in [1.54, 1.807) is 48.5 Å². The lowest BCUT2D eigenvalue weighted by molar-refractivity contribution is -0.500. The van der Waals surface area contributed by atoms with Crippen LogP contribution in [0.4, 0.5) is 0 Å². The van der Waals surface area contributed by atoms with E-state index in [2.05, 4.69) is 15.9 Å². The van der Waals surface area contributed by atoms with Crippen LogP contribution in [-0.4, -0.2) is 22.5 Å². The predicted octanol–water partition coefficient (Wildman–Crippen LogP) is 3.26. The first-order valence-electron chi connectivity index (χ1n) is 7.07. The summed E-state index contributed by atoms with van der Waals surface area (Å²) in [5.41, 5.74) is -0.335. The molecule has 0 N–H and O–H groups in total. The van der Waals surface area contributed by atoms with Gasteiger partial charge in [0.2, 0.25) is 6.04 Å². The summed E-state index contributed by atoms with van der Waals surface area (Å²) in [6, 6.07) is 12.2. The molecule has 0 aliphatic heterocycles. The van der Waals surface area contributed by atoms with Crippen molar-refractivity contribution in [1.29, 1.82) is 0 Å². The molecule has 0 heterocycles. The summed E-state index contributed by atoms with van der Waals surface area (Å²) in [6.45, 7) is 0. The van der Waals surface area contributed by atoms with Gasteiger partial charge in [-0.1, -0.05) is 52.3 Å². The molecule has 1 saturated carbocycles. The standard InChI is InChI=1S/C17H10BrNO4/c18-10-7-5-9(6-8-10)13-14(19(22)23)17(13)15(20)11-3-1-2-4-12(11)16(17)21/h1-8,13-14H/t13-,14-/m0/s1. The van der Waals surface area contributed by atoms with E-state index >= 15 is 0 Å². The maximum atomic E-state index is 12.8. The van der Waals surface area contributed by atoms with Crippen LogP contribution in [0.25, 0.3) is 0 Å². The summed E-state index contributed by atoms with van der Waals surface area (Å²) in [5, 5.41) is 11.5. The second-order valence-electron chi connectivity index (χ2n) is 5.83. The SMILES string of the molecule is O=C1c2ccccc2C(=O)C12[C@@H]([N+](=O)[O-])[C@@H]2c1ccc(Br)cc1. The molecule has 114 valence electrons. The first kappa shape index (κ1) is 14.3. The van der Waals surface area contributed by atoms with Gasteiger partial charge >= 0.3 is 0 Å². The highest BCUT2D eigenvalue weighted by Gasteiger charge is 2.84. The zero-order valence-corrected chi connectivity index (χ0v) is 13.3. The minimum atomic E-state index is -1.57. The highest BCUT2D eigenvalue weighted by molar-refractivity contribution is 9.10. The summed E-state index contributed by atoms with van der Waals surface area (Å²) in [5.74, 6) is -1.56. The molecule has 2 atom stereocenters. The number of halogens is 1. The van der Waals surface area contributed by atoms with Gasteiger partial charge in [-0.2, -0.15) is 0 Å². The molecule has 0 saturated heterocycles. The van der Waals surface area contributed by atoms with Gasteiger partial charge in [-0.15, -0.1) is 0 Å². The average molecular weight is 372 g/mol. The zero-order valence-electron chi connectivity index (χ0n) is 11.7. The molecule has 2 aliphatic carbocycles. The summed E-state index contributed by atoms with van der Waals surface area (Å²) in [4.78, 5) is 36.7. The van der Waals surface area contributed by atoms with Gasteiger partial charge in [-0.25, -0.2) is 0 Å². The molecular weight excluding hydrogens is 362 g/mol. The van der Waals surface area contributed by atoms with Gasteiger partial charge in [0.05, 0.1) is 5.92 Å². The summed E-state index contributed by atoms with van der Waals surface area (Å²) in [6.07, 6.45) is 0. The van der Waals surface area contributed by atoms with E-state index in [4.69, 9.17) is 0 Å². The molecule has 0 aromatic heterocycles. The Bertz CT molecular complexity index is 839. The summed E-state index contributed by atoms with van der Waals surface area (Å²) < 4.78 is 0.834. The molecule has 0 radical (unpaired) electrons. The number of fused-ring (bicyclic) bond motifs is 1. The lowest BCUT2D eigenvalue weighted by Gasteiger charge is -2.03. The van der Waals surface area contributed by atoms with Gasteiger partial charge in [0.1, 0.15) is 0 Å². The Morgan fingerprint density at radius 3 is 1.96 bits per heavy atom. The van der Waals surface area contributed by atoms with E-state index in [9.17, 15) is 19.7 Å². The minimum absolute atomic E-state index is 0.295. The highest BCUT2D eigenvalue weighted by Crippen LogP contribution is 2.66. The van der Waals surface area contributed by atoms with Crippen molar-refractivity contribution in [3.63, 3.8) is 0 Å². The molecule has 0 unspecified atom stereocenters. The van der Waals surface area contributed by atoms with Crippen LogP contribution >= 0.6 is 15.9 Å². The quantitative estimate of drug-likeness (QED) is 0.461. The van der Waals surface area contributed by atoms with E-state index in [1.807, 2.05) is 0 Å². The number of hydrogen-bond acceptors (Lipinski definition) is 4. The van der Waals surface area contributed by atoms with Crippen LogP contribution in [0, 0.1) is 15.5 Å². The van der Waals surface area contributed by atoms with Crippen LogP contribution in [0.3, 0.4) is 0 Å². The molecule has 6 heteroatoms. The van der Waals surface area contributed by atoms with Crippen molar-refractivity contribution in [3.8, 4) is 0 Å². The van der Waals surface area contributed by atoms with E-state index in [0.29, 0.717) is 16.7 Å². The van der Waals surface area contributed by atoms with Crippen molar-refractivity contribution in [1.82, 2.24) is 0 Å². The van der Waals surface area contributed by atoms with Crippen LogP contribution < -0.4 is 0 Å². The van der Waals surface area contributed by atoms with Crippen molar-refractivity contribution < 1.29 is 14.5 Å². The Kier molecular flexibility index (Phi) is 2.84. The van der Waals surface area contributed by atoms with Crippen LogP contribution in [0.15, 0.2) is 53.0 Å². The van der Waals surface area contributed by atoms with Gasteiger partial charge in [-0.3, -0.25) is 19.7 Å². The number of carbonyl (C=O) groups excluding carboxylic acids is 2. The van der Waals surface area contributed by atoms with Crippen LogP contribution in [-0.2, 0) is 0 Å². The molecule has 4 rings (SSSR count). The smallest absolute Gasteiger partial charge is 0.242 e. The van der Waals surface area contributed by atoms with E-state index in [1.165, 1.54) is 0 Å². The van der Waals surface area contributed by atoms with Gasteiger partial charge in [-0.05, 0) is 17.7 Å². The highest BCUT2D eigenvalue weighted by atomic mass is 79.9. The molecule has 5 nitrogen and oxygen atoms in total. The molecule has 1 spiro atoms. The molecular formula is C17H10BrNO4. The van der Waals surface area contributed by atoms with E-state index in [0.717, 1.165) is 4.47 Å². The fourth-order valence-corrected chi connectivity index (χ4v) is 4.02. The first-order chi connectivity index (χ1) is 11.0. The van der Waals surface area contributed by atoms with Gasteiger partial charge in [0.15, 0.2) is 17.0 Å². The van der Waals surface area contributed by atoms with Crippen molar-refractivity contribution in [3.05, 3.63) is 79.8 Å². The van der Waals surface area contributed by atoms with E-state index < -0.39 is 33.9 Å². The number of carbonyl (C=O) groups is 2. The maximum absolute atomic E-state index is 12.8. The largest absolute Gasteiger partial charge is 0.293 e. The Balaban J connectivity index is 1.87. The maximum Gasteiger partial charge on any atom is 0.242 e. The normalized spacial score (nSPS) is 23.9. The third-order valence-corrected chi connectivity index (χ3v) is 5.32. The average Bonchev–Trinajstić information content (AvgIpc) is 3.20. The zero-order chi connectivity index (χ0) is 16.4. The molecule has 0 amide bonds. The number of ketones is 2. The van der Waals surface area contributed by atoms with Crippen molar-refractivity contribution >= 4 is 27.5 Å². The van der Waals surface area contributed by atoms with Crippen molar-refractivity contribution in [2.45, 2.75) is 12.0 Å². The molecule has 2 aromatic rings. The van der Waals surface area contributed by atoms with Crippen LogP contribution in [0.5, 0.6) is 0 Å². The monoisotopic (exact) mass is 371 g/mol. The summed E-state index contributed by atoms with van der Waals surface area (Å²) in [7, 11) is 0. The Labute approximate surface area is 139 Å². The molecule has 1 fully saturated rings. The minimum Gasteiger partial charge on any atom is -0.293 e. The Morgan fingerprint density at radius 2 is 1.48 bits per heavy atom. The second kappa shape index (κ2) is 4.58. The lowest BCUT2D eigenvalue weighted by Crippen LogP contribution is -2.25. The second-order valence-corrected chi connectivity index (χ2v) is 6.75. The molecule has 0 bridgehead atoms. The fourth-order valence-electron chi connectivity index (χ4n) is 3.75. The number of hydrogen-bond donors (Lipinski definition) is 0. The van der Waals surface area contributed by atoms with Crippen molar-refractivity contribution in [2.75, 3.05) is 0 Å². The number of nitrogens with zero attached hydrogens (tertiary/aromatic N) is 1. The fraction of sp³-hybridized carbons (Fsp3) is 0.176. The van der Waals surface area contributed by atoms with Crippen LogP contribution in [0.1, 0.15) is 32.2 Å².